The molecule has 1 atom stereocenters. The highest BCUT2D eigenvalue weighted by Gasteiger charge is 2.17. The van der Waals surface area contributed by atoms with Crippen LogP contribution < -0.4 is 10.6 Å². The minimum atomic E-state index is -0.0860. The predicted octanol–water partition coefficient (Wildman–Crippen LogP) is 2.46. The number of nitrogens with zero attached hydrogens (tertiary/aromatic N) is 2. The summed E-state index contributed by atoms with van der Waals surface area (Å²) in [6, 6.07) is 1.86. The number of fused-ring (bicyclic) bond motifs is 1. The lowest BCUT2D eigenvalue weighted by Gasteiger charge is -2.17. The zero-order valence-electron chi connectivity index (χ0n) is 14.3. The third-order valence-electron chi connectivity index (χ3n) is 4.40. The van der Waals surface area contributed by atoms with E-state index in [9.17, 15) is 9.59 Å². The van der Waals surface area contributed by atoms with Crippen molar-refractivity contribution in [2.24, 2.45) is 5.92 Å². The summed E-state index contributed by atoms with van der Waals surface area (Å²) in [5, 5.41) is 13.6. The number of amides is 2. The van der Waals surface area contributed by atoms with Crippen LogP contribution in [0.5, 0.6) is 0 Å². The van der Waals surface area contributed by atoms with Crippen LogP contribution in [0.3, 0.4) is 0 Å². The lowest BCUT2D eigenvalue weighted by molar-refractivity contribution is -0.125. The van der Waals surface area contributed by atoms with Crippen LogP contribution in [-0.2, 0) is 9.59 Å². The van der Waals surface area contributed by atoms with Crippen LogP contribution in [0.4, 0.5) is 5.69 Å². The average molecular weight is 341 g/mol. The van der Waals surface area contributed by atoms with E-state index in [0.29, 0.717) is 30.7 Å². The molecule has 0 fully saturated rings. The van der Waals surface area contributed by atoms with Crippen LogP contribution >= 0.6 is 0 Å². The van der Waals surface area contributed by atoms with E-state index < -0.39 is 0 Å². The Hall–Kier alpha value is -2.70. The second kappa shape index (κ2) is 7.92. The number of hydrogen-bond donors (Lipinski definition) is 3. The van der Waals surface area contributed by atoms with E-state index in [-0.39, 0.29) is 17.7 Å². The Morgan fingerprint density at radius 1 is 1.36 bits per heavy atom. The molecule has 0 aromatic carbocycles. The number of aromatic nitrogens is 3. The van der Waals surface area contributed by atoms with Gasteiger partial charge in [0.2, 0.25) is 11.8 Å². The molecule has 25 heavy (non-hydrogen) atoms. The molecule has 2 amide bonds. The van der Waals surface area contributed by atoms with Crippen molar-refractivity contribution in [3.05, 3.63) is 30.1 Å². The first-order chi connectivity index (χ1) is 12.1. The van der Waals surface area contributed by atoms with Gasteiger partial charge >= 0.3 is 0 Å². The van der Waals surface area contributed by atoms with Crippen LogP contribution in [-0.4, -0.2) is 33.5 Å². The number of carbonyl (C=O) groups is 2. The second-order valence-corrected chi connectivity index (χ2v) is 6.37. The molecule has 3 rings (SSSR count). The third-order valence-corrected chi connectivity index (χ3v) is 4.40. The minimum Gasteiger partial charge on any atom is -0.356 e. The molecule has 0 spiro atoms. The highest BCUT2D eigenvalue weighted by molar-refractivity contribution is 5.93. The summed E-state index contributed by atoms with van der Waals surface area (Å²) in [6.07, 6.45) is 9.43. The monoisotopic (exact) mass is 341 g/mol. The second-order valence-electron chi connectivity index (χ2n) is 6.37. The molecule has 2 heterocycles. The lowest BCUT2D eigenvalue weighted by atomic mass is 9.94. The van der Waals surface area contributed by atoms with Crippen molar-refractivity contribution < 1.29 is 9.59 Å². The first-order valence-corrected chi connectivity index (χ1v) is 8.67. The zero-order valence-corrected chi connectivity index (χ0v) is 14.3. The molecule has 1 aliphatic carbocycles. The number of aromatic amines is 1. The Balaban J connectivity index is 1.40. The first kappa shape index (κ1) is 17.1. The molecular formula is C18H23N5O2. The summed E-state index contributed by atoms with van der Waals surface area (Å²) in [6.45, 7) is 2.43. The Morgan fingerprint density at radius 3 is 3.04 bits per heavy atom. The number of aryl methyl sites for hydroxylation is 1. The Morgan fingerprint density at radius 2 is 2.24 bits per heavy atom. The van der Waals surface area contributed by atoms with Gasteiger partial charge in [-0.2, -0.15) is 5.10 Å². The van der Waals surface area contributed by atoms with Gasteiger partial charge in [-0.1, -0.05) is 12.2 Å². The summed E-state index contributed by atoms with van der Waals surface area (Å²) >= 11 is 0. The molecule has 7 heteroatoms. The van der Waals surface area contributed by atoms with Gasteiger partial charge in [-0.15, -0.1) is 0 Å². The molecule has 2 aromatic rings. The van der Waals surface area contributed by atoms with Crippen molar-refractivity contribution in [2.75, 3.05) is 11.9 Å². The molecule has 7 nitrogen and oxygen atoms in total. The Bertz CT molecular complexity index is 796. The predicted molar refractivity (Wildman–Crippen MR) is 96.0 cm³/mol. The number of allylic oxidation sites excluding steroid dienone is 2. The van der Waals surface area contributed by atoms with E-state index in [1.54, 1.807) is 6.20 Å². The molecule has 0 saturated carbocycles. The molecule has 0 saturated heterocycles. The molecule has 2 aromatic heterocycles. The van der Waals surface area contributed by atoms with E-state index in [1.807, 2.05) is 13.0 Å². The molecule has 0 aliphatic heterocycles. The largest absolute Gasteiger partial charge is 0.356 e. The van der Waals surface area contributed by atoms with Crippen molar-refractivity contribution in [3.8, 4) is 0 Å². The maximum atomic E-state index is 12.0. The molecule has 0 unspecified atom stereocenters. The first-order valence-electron chi connectivity index (χ1n) is 8.67. The van der Waals surface area contributed by atoms with Crippen LogP contribution in [0.25, 0.3) is 11.0 Å². The van der Waals surface area contributed by atoms with Gasteiger partial charge in [0.1, 0.15) is 0 Å². The van der Waals surface area contributed by atoms with E-state index in [2.05, 4.69) is 38.0 Å². The topological polar surface area (TPSA) is 99.8 Å². The summed E-state index contributed by atoms with van der Waals surface area (Å²) in [7, 11) is 0. The molecule has 0 bridgehead atoms. The van der Waals surface area contributed by atoms with Crippen LogP contribution in [0, 0.1) is 12.8 Å². The van der Waals surface area contributed by atoms with Crippen LogP contribution in [0.15, 0.2) is 24.4 Å². The molecule has 0 radical (unpaired) electrons. The van der Waals surface area contributed by atoms with E-state index in [1.165, 1.54) is 0 Å². The smallest absolute Gasteiger partial charge is 0.224 e. The minimum absolute atomic E-state index is 0.0785. The number of carbonyl (C=O) groups excluding carboxylic acids is 2. The molecule has 132 valence electrons. The summed E-state index contributed by atoms with van der Waals surface area (Å²) in [5.41, 5.74) is 2.20. The van der Waals surface area contributed by atoms with E-state index in [4.69, 9.17) is 0 Å². The SMILES string of the molecule is Cc1[nH]nc2ncc(NC(=O)CCCNC(=O)[C@H]3CC=CCC3)cc12. The number of pyridine rings is 1. The van der Waals surface area contributed by atoms with Crippen molar-refractivity contribution in [1.82, 2.24) is 20.5 Å². The summed E-state index contributed by atoms with van der Waals surface area (Å²) in [4.78, 5) is 28.2. The van der Waals surface area contributed by atoms with Gasteiger partial charge in [-0.25, -0.2) is 4.98 Å². The number of hydrogen-bond acceptors (Lipinski definition) is 4. The zero-order chi connectivity index (χ0) is 17.6. The van der Waals surface area contributed by atoms with Crippen molar-refractivity contribution in [3.63, 3.8) is 0 Å². The van der Waals surface area contributed by atoms with E-state index >= 15 is 0 Å². The third kappa shape index (κ3) is 4.43. The number of nitrogens with one attached hydrogen (secondary N) is 3. The van der Waals surface area contributed by atoms with Crippen LogP contribution in [0.2, 0.25) is 0 Å². The summed E-state index contributed by atoms with van der Waals surface area (Å²) in [5.74, 6) is 0.0850. The highest BCUT2D eigenvalue weighted by Crippen LogP contribution is 2.18. The van der Waals surface area contributed by atoms with Crippen molar-refractivity contribution >= 4 is 28.5 Å². The van der Waals surface area contributed by atoms with E-state index in [0.717, 1.165) is 30.3 Å². The number of anilines is 1. The fourth-order valence-electron chi connectivity index (χ4n) is 2.95. The maximum absolute atomic E-state index is 12.0. The standard InChI is InChI=1S/C18H23N5O2/c1-12-15-10-14(11-20-17(15)23-22-12)21-16(24)8-5-9-19-18(25)13-6-3-2-4-7-13/h2-3,10-11,13H,4-9H2,1H3,(H,19,25)(H,21,24)(H,20,22,23)/t13-/m0/s1. The average Bonchev–Trinajstić information content (AvgIpc) is 3.00. The Kier molecular flexibility index (Phi) is 5.42. The Labute approximate surface area is 146 Å². The molecule has 3 N–H and O–H groups in total. The molecule has 1 aliphatic rings. The summed E-state index contributed by atoms with van der Waals surface area (Å²) < 4.78 is 0. The van der Waals surface area contributed by atoms with Gasteiger partial charge in [0.15, 0.2) is 5.65 Å². The van der Waals surface area contributed by atoms with Gasteiger partial charge in [-0.3, -0.25) is 14.7 Å². The quantitative estimate of drug-likeness (QED) is 0.555. The fraction of sp³-hybridized carbons (Fsp3) is 0.444. The van der Waals surface area contributed by atoms with Crippen LogP contribution in [0.1, 0.15) is 37.8 Å². The van der Waals surface area contributed by atoms with Crippen molar-refractivity contribution in [2.45, 2.75) is 39.0 Å². The van der Waals surface area contributed by atoms with Gasteiger partial charge in [0, 0.05) is 30.0 Å². The number of rotatable bonds is 6. The lowest BCUT2D eigenvalue weighted by Crippen LogP contribution is -2.32. The fourth-order valence-corrected chi connectivity index (χ4v) is 2.95. The van der Waals surface area contributed by atoms with Gasteiger partial charge < -0.3 is 10.6 Å². The highest BCUT2D eigenvalue weighted by atomic mass is 16.2. The van der Waals surface area contributed by atoms with Gasteiger partial charge in [0.05, 0.1) is 11.9 Å². The maximum Gasteiger partial charge on any atom is 0.224 e. The van der Waals surface area contributed by atoms with Crippen molar-refractivity contribution in [1.29, 1.82) is 0 Å². The number of H-pyrrole nitrogens is 1. The van der Waals surface area contributed by atoms with Gasteiger partial charge in [-0.05, 0) is 38.7 Å². The molecular weight excluding hydrogens is 318 g/mol. The normalized spacial score (nSPS) is 16.8. The van der Waals surface area contributed by atoms with Gasteiger partial charge in [0.25, 0.3) is 0 Å².